The molecule has 0 saturated heterocycles. The largest absolute Gasteiger partial charge is 0.399 e. The number of carbonyl (C=O) groups is 1. The SMILES string of the molecule is CN(C(=O)CSc1cc(F)ccc1F)c1ccc(N)cc1. The first-order valence-corrected chi connectivity index (χ1v) is 7.16. The number of hydrogen-bond acceptors (Lipinski definition) is 3. The molecule has 110 valence electrons. The van der Waals surface area contributed by atoms with E-state index in [0.717, 1.165) is 30.0 Å². The topological polar surface area (TPSA) is 46.3 Å². The molecule has 0 atom stereocenters. The van der Waals surface area contributed by atoms with Crippen LogP contribution >= 0.6 is 11.8 Å². The molecule has 0 aliphatic carbocycles. The van der Waals surface area contributed by atoms with Crippen molar-refractivity contribution in [2.75, 3.05) is 23.4 Å². The normalized spacial score (nSPS) is 10.4. The third kappa shape index (κ3) is 3.95. The van der Waals surface area contributed by atoms with Crippen LogP contribution in [0.25, 0.3) is 0 Å². The Kier molecular flexibility index (Phi) is 4.80. The second-order valence-electron chi connectivity index (χ2n) is 4.41. The number of nitrogens with zero attached hydrogens (tertiary/aromatic N) is 1. The molecule has 0 saturated carbocycles. The maximum atomic E-state index is 13.5. The van der Waals surface area contributed by atoms with Crippen molar-refractivity contribution in [3.8, 4) is 0 Å². The van der Waals surface area contributed by atoms with Crippen molar-refractivity contribution in [1.82, 2.24) is 0 Å². The highest BCUT2D eigenvalue weighted by Gasteiger charge is 2.13. The van der Waals surface area contributed by atoms with E-state index in [1.165, 1.54) is 4.90 Å². The molecular formula is C15H14F2N2OS. The molecule has 1 amide bonds. The van der Waals surface area contributed by atoms with Crippen LogP contribution in [-0.4, -0.2) is 18.7 Å². The van der Waals surface area contributed by atoms with Gasteiger partial charge in [0.25, 0.3) is 0 Å². The van der Waals surface area contributed by atoms with Crippen molar-refractivity contribution in [2.24, 2.45) is 0 Å². The Morgan fingerprint density at radius 2 is 1.86 bits per heavy atom. The van der Waals surface area contributed by atoms with Gasteiger partial charge in [-0.15, -0.1) is 11.8 Å². The van der Waals surface area contributed by atoms with Crippen molar-refractivity contribution in [2.45, 2.75) is 4.90 Å². The Labute approximate surface area is 125 Å². The third-order valence-electron chi connectivity index (χ3n) is 2.90. The Balaban J connectivity index is 2.01. The summed E-state index contributed by atoms with van der Waals surface area (Å²) in [7, 11) is 1.62. The van der Waals surface area contributed by atoms with Crippen LogP contribution in [0, 0.1) is 11.6 Å². The van der Waals surface area contributed by atoms with Crippen LogP contribution in [0.3, 0.4) is 0 Å². The van der Waals surface area contributed by atoms with E-state index in [1.807, 2.05) is 0 Å². The van der Waals surface area contributed by atoms with Gasteiger partial charge in [0.2, 0.25) is 5.91 Å². The van der Waals surface area contributed by atoms with Gasteiger partial charge in [-0.1, -0.05) is 0 Å². The van der Waals surface area contributed by atoms with Crippen molar-refractivity contribution >= 4 is 29.0 Å². The molecular weight excluding hydrogens is 294 g/mol. The number of rotatable bonds is 4. The van der Waals surface area contributed by atoms with Gasteiger partial charge in [0.15, 0.2) is 0 Å². The molecule has 2 aromatic rings. The molecule has 2 aromatic carbocycles. The molecule has 0 fully saturated rings. The Hall–Kier alpha value is -2.08. The van der Waals surface area contributed by atoms with Crippen LogP contribution < -0.4 is 10.6 Å². The minimum atomic E-state index is -0.538. The summed E-state index contributed by atoms with van der Waals surface area (Å²) in [6.07, 6.45) is 0. The van der Waals surface area contributed by atoms with Crippen molar-refractivity contribution < 1.29 is 13.6 Å². The lowest BCUT2D eigenvalue weighted by atomic mass is 10.2. The van der Waals surface area contributed by atoms with Crippen molar-refractivity contribution in [3.63, 3.8) is 0 Å². The molecule has 0 bridgehead atoms. The number of carbonyl (C=O) groups excluding carboxylic acids is 1. The van der Waals surface area contributed by atoms with Gasteiger partial charge in [-0.05, 0) is 42.5 Å². The summed E-state index contributed by atoms with van der Waals surface area (Å²) < 4.78 is 26.5. The predicted octanol–water partition coefficient (Wildman–Crippen LogP) is 3.30. The Morgan fingerprint density at radius 3 is 2.52 bits per heavy atom. The fraction of sp³-hybridized carbons (Fsp3) is 0.133. The van der Waals surface area contributed by atoms with Crippen LogP contribution in [-0.2, 0) is 4.79 Å². The number of halogens is 2. The van der Waals surface area contributed by atoms with E-state index in [0.29, 0.717) is 11.4 Å². The number of amides is 1. The van der Waals surface area contributed by atoms with Crippen LogP contribution in [0.15, 0.2) is 47.4 Å². The molecule has 6 heteroatoms. The second-order valence-corrected chi connectivity index (χ2v) is 5.42. The van der Waals surface area contributed by atoms with E-state index < -0.39 is 11.6 Å². The maximum Gasteiger partial charge on any atom is 0.237 e. The van der Waals surface area contributed by atoms with E-state index in [2.05, 4.69) is 0 Å². The lowest BCUT2D eigenvalue weighted by molar-refractivity contribution is -0.115. The number of nitrogens with two attached hydrogens (primary N) is 1. The summed E-state index contributed by atoms with van der Waals surface area (Å²) in [6.45, 7) is 0. The molecule has 0 aliphatic heterocycles. The zero-order valence-electron chi connectivity index (χ0n) is 11.3. The average Bonchev–Trinajstić information content (AvgIpc) is 2.48. The summed E-state index contributed by atoms with van der Waals surface area (Å²) in [4.78, 5) is 13.6. The summed E-state index contributed by atoms with van der Waals surface area (Å²) in [5.74, 6) is -1.27. The van der Waals surface area contributed by atoms with E-state index in [-0.39, 0.29) is 16.6 Å². The zero-order chi connectivity index (χ0) is 15.4. The molecule has 0 unspecified atom stereocenters. The number of anilines is 2. The highest BCUT2D eigenvalue weighted by Crippen LogP contribution is 2.24. The van der Waals surface area contributed by atoms with Crippen LogP contribution in [0.5, 0.6) is 0 Å². The molecule has 0 radical (unpaired) electrons. The fourth-order valence-electron chi connectivity index (χ4n) is 1.67. The van der Waals surface area contributed by atoms with Gasteiger partial charge < -0.3 is 10.6 Å². The minimum Gasteiger partial charge on any atom is -0.399 e. The molecule has 0 aliphatic rings. The van der Waals surface area contributed by atoms with Crippen LogP contribution in [0.1, 0.15) is 0 Å². The summed E-state index contributed by atoms with van der Waals surface area (Å²) in [6, 6.07) is 10.0. The van der Waals surface area contributed by atoms with Gasteiger partial charge >= 0.3 is 0 Å². The van der Waals surface area contributed by atoms with E-state index in [9.17, 15) is 13.6 Å². The van der Waals surface area contributed by atoms with Crippen LogP contribution in [0.2, 0.25) is 0 Å². The smallest absolute Gasteiger partial charge is 0.237 e. The molecule has 2 N–H and O–H groups in total. The lowest BCUT2D eigenvalue weighted by Gasteiger charge is -2.17. The van der Waals surface area contributed by atoms with Gasteiger partial charge in [0.05, 0.1) is 5.75 Å². The van der Waals surface area contributed by atoms with E-state index >= 15 is 0 Å². The predicted molar refractivity (Wildman–Crippen MR) is 81.3 cm³/mol. The fourth-order valence-corrected chi connectivity index (χ4v) is 2.54. The molecule has 0 spiro atoms. The van der Waals surface area contributed by atoms with Crippen molar-refractivity contribution in [3.05, 3.63) is 54.1 Å². The third-order valence-corrected chi connectivity index (χ3v) is 3.91. The van der Waals surface area contributed by atoms with Gasteiger partial charge in [-0.25, -0.2) is 8.78 Å². The standard InChI is InChI=1S/C15H14F2N2OS/c1-19(12-5-3-11(18)4-6-12)15(20)9-21-14-8-10(16)2-7-13(14)17/h2-8H,9,18H2,1H3. The highest BCUT2D eigenvalue weighted by atomic mass is 32.2. The highest BCUT2D eigenvalue weighted by molar-refractivity contribution is 8.00. The van der Waals surface area contributed by atoms with Gasteiger partial charge in [-0.3, -0.25) is 4.79 Å². The lowest BCUT2D eigenvalue weighted by Crippen LogP contribution is -2.27. The van der Waals surface area contributed by atoms with Gasteiger partial charge in [0, 0.05) is 23.3 Å². The van der Waals surface area contributed by atoms with Gasteiger partial charge in [0.1, 0.15) is 11.6 Å². The number of hydrogen-bond donors (Lipinski definition) is 1. The Morgan fingerprint density at radius 1 is 1.19 bits per heavy atom. The number of benzene rings is 2. The summed E-state index contributed by atoms with van der Waals surface area (Å²) >= 11 is 0.965. The Bertz CT molecular complexity index is 647. The van der Waals surface area contributed by atoms with E-state index in [1.54, 1.807) is 31.3 Å². The molecule has 0 aromatic heterocycles. The van der Waals surface area contributed by atoms with Crippen LogP contribution in [0.4, 0.5) is 20.2 Å². The van der Waals surface area contributed by atoms with Gasteiger partial charge in [-0.2, -0.15) is 0 Å². The first-order valence-electron chi connectivity index (χ1n) is 6.17. The maximum absolute atomic E-state index is 13.5. The molecule has 2 rings (SSSR count). The second kappa shape index (κ2) is 6.58. The molecule has 21 heavy (non-hydrogen) atoms. The first kappa shape index (κ1) is 15.3. The molecule has 0 heterocycles. The first-order chi connectivity index (χ1) is 9.97. The van der Waals surface area contributed by atoms with Crippen molar-refractivity contribution in [1.29, 1.82) is 0 Å². The minimum absolute atomic E-state index is 0.0151. The number of thioether (sulfide) groups is 1. The average molecular weight is 308 g/mol. The summed E-state index contributed by atoms with van der Waals surface area (Å²) in [5, 5.41) is 0. The number of nitrogen functional groups attached to an aromatic ring is 1. The summed E-state index contributed by atoms with van der Waals surface area (Å²) in [5.41, 5.74) is 6.88. The quantitative estimate of drug-likeness (QED) is 0.696. The zero-order valence-corrected chi connectivity index (χ0v) is 12.2. The molecule has 3 nitrogen and oxygen atoms in total. The monoisotopic (exact) mass is 308 g/mol. The van der Waals surface area contributed by atoms with E-state index in [4.69, 9.17) is 5.73 Å².